The third-order valence-corrected chi connectivity index (χ3v) is 2.95. The molecule has 0 bridgehead atoms. The van der Waals surface area contributed by atoms with Crippen LogP contribution < -0.4 is 5.32 Å². The van der Waals surface area contributed by atoms with Crippen LogP contribution in [0, 0.1) is 0 Å². The summed E-state index contributed by atoms with van der Waals surface area (Å²) >= 11 is 0. The summed E-state index contributed by atoms with van der Waals surface area (Å²) in [5.74, 6) is 1.12. The van der Waals surface area contributed by atoms with E-state index < -0.39 is 0 Å². The van der Waals surface area contributed by atoms with Gasteiger partial charge in [0, 0.05) is 18.3 Å². The van der Waals surface area contributed by atoms with Gasteiger partial charge in [0.05, 0.1) is 6.20 Å². The van der Waals surface area contributed by atoms with Crippen molar-refractivity contribution in [2.75, 3.05) is 5.32 Å². The van der Waals surface area contributed by atoms with Crippen molar-refractivity contribution < 1.29 is 0 Å². The number of hydrogen-bond donors (Lipinski definition) is 1. The second-order valence-electron chi connectivity index (χ2n) is 3.92. The van der Waals surface area contributed by atoms with E-state index in [-0.39, 0.29) is 0 Å². The molecule has 0 spiro atoms. The molecule has 0 amide bonds. The van der Waals surface area contributed by atoms with Gasteiger partial charge in [-0.15, -0.1) is 0 Å². The maximum absolute atomic E-state index is 4.27. The summed E-state index contributed by atoms with van der Waals surface area (Å²) in [6.07, 6.45) is 4.10. The Labute approximate surface area is 88.7 Å². The zero-order valence-corrected chi connectivity index (χ0v) is 8.70. The summed E-state index contributed by atoms with van der Waals surface area (Å²) < 4.78 is 1.90. The molecule has 0 fully saturated rings. The lowest BCUT2D eigenvalue weighted by Crippen LogP contribution is -2.00. The van der Waals surface area contributed by atoms with Crippen LogP contribution in [0.5, 0.6) is 0 Å². The van der Waals surface area contributed by atoms with Crippen LogP contribution in [0.3, 0.4) is 0 Å². The van der Waals surface area contributed by atoms with Gasteiger partial charge in [-0.3, -0.25) is 4.68 Å². The number of benzene rings is 1. The van der Waals surface area contributed by atoms with Crippen LogP contribution >= 0.6 is 0 Å². The van der Waals surface area contributed by atoms with Crippen molar-refractivity contribution in [1.29, 1.82) is 0 Å². The molecule has 1 aromatic heterocycles. The summed E-state index contributed by atoms with van der Waals surface area (Å²) in [4.78, 5) is 0. The van der Waals surface area contributed by atoms with Crippen molar-refractivity contribution >= 4 is 11.5 Å². The maximum Gasteiger partial charge on any atom is 0.131 e. The lowest BCUT2D eigenvalue weighted by molar-refractivity contribution is 0.776. The van der Waals surface area contributed by atoms with Crippen LogP contribution in [0.25, 0.3) is 0 Å². The van der Waals surface area contributed by atoms with Crippen molar-refractivity contribution in [1.82, 2.24) is 9.78 Å². The first-order valence-electron chi connectivity index (χ1n) is 5.20. The van der Waals surface area contributed by atoms with E-state index in [0.717, 1.165) is 18.7 Å². The molecule has 76 valence electrons. The van der Waals surface area contributed by atoms with Gasteiger partial charge in [0.15, 0.2) is 0 Å². The minimum absolute atomic E-state index is 1.06. The third kappa shape index (κ3) is 1.31. The largest absolute Gasteiger partial charge is 0.340 e. The van der Waals surface area contributed by atoms with E-state index in [1.807, 2.05) is 17.9 Å². The standard InChI is InChI=1S/C12H13N3/c1-15-12-10(8-13-15)7-6-9-4-2-3-5-11(9)14-12/h2-5,8,14H,6-7H2,1H3. The van der Waals surface area contributed by atoms with Crippen LogP contribution in [-0.2, 0) is 19.9 Å². The number of nitrogens with one attached hydrogen (secondary N) is 1. The number of fused-ring (bicyclic) bond motifs is 2. The van der Waals surface area contributed by atoms with Crippen LogP contribution in [0.1, 0.15) is 11.1 Å². The topological polar surface area (TPSA) is 29.9 Å². The molecule has 1 aliphatic rings. The van der Waals surface area contributed by atoms with E-state index in [4.69, 9.17) is 0 Å². The quantitative estimate of drug-likeness (QED) is 0.705. The molecule has 0 aliphatic carbocycles. The molecule has 0 saturated carbocycles. The first-order valence-corrected chi connectivity index (χ1v) is 5.20. The first-order chi connectivity index (χ1) is 7.34. The lowest BCUT2D eigenvalue weighted by atomic mass is 10.1. The second-order valence-corrected chi connectivity index (χ2v) is 3.92. The number of nitrogens with zero attached hydrogens (tertiary/aromatic N) is 2. The molecule has 15 heavy (non-hydrogen) atoms. The number of aryl methyl sites for hydroxylation is 3. The summed E-state index contributed by atoms with van der Waals surface area (Å²) in [6.45, 7) is 0. The molecule has 1 aliphatic heterocycles. The van der Waals surface area contributed by atoms with E-state index in [0.29, 0.717) is 0 Å². The van der Waals surface area contributed by atoms with Crippen LogP contribution in [-0.4, -0.2) is 9.78 Å². The van der Waals surface area contributed by atoms with Gasteiger partial charge in [-0.2, -0.15) is 5.10 Å². The molecular formula is C12H13N3. The van der Waals surface area contributed by atoms with Gasteiger partial charge in [-0.1, -0.05) is 18.2 Å². The monoisotopic (exact) mass is 199 g/mol. The molecule has 0 saturated heterocycles. The Morgan fingerprint density at radius 2 is 2.00 bits per heavy atom. The van der Waals surface area contributed by atoms with Crippen LogP contribution in [0.4, 0.5) is 11.5 Å². The fourth-order valence-electron chi connectivity index (χ4n) is 2.08. The molecule has 1 aromatic carbocycles. The Morgan fingerprint density at radius 3 is 2.93 bits per heavy atom. The molecule has 2 heterocycles. The highest BCUT2D eigenvalue weighted by atomic mass is 15.3. The Hall–Kier alpha value is -1.77. The molecule has 1 N–H and O–H groups in total. The lowest BCUT2D eigenvalue weighted by Gasteiger charge is -2.08. The SMILES string of the molecule is Cn1ncc2c1Nc1ccccc1CC2. The van der Waals surface area contributed by atoms with Gasteiger partial charge < -0.3 is 5.32 Å². The highest BCUT2D eigenvalue weighted by molar-refractivity contribution is 5.65. The number of rotatable bonds is 0. The smallest absolute Gasteiger partial charge is 0.131 e. The zero-order valence-electron chi connectivity index (χ0n) is 8.70. The van der Waals surface area contributed by atoms with Gasteiger partial charge in [0.1, 0.15) is 5.82 Å². The predicted octanol–water partition coefficient (Wildman–Crippen LogP) is 2.26. The second kappa shape index (κ2) is 3.12. The molecule has 0 unspecified atom stereocenters. The van der Waals surface area contributed by atoms with Gasteiger partial charge in [-0.05, 0) is 24.5 Å². The molecule has 0 radical (unpaired) electrons. The van der Waals surface area contributed by atoms with Gasteiger partial charge in [0.2, 0.25) is 0 Å². The predicted molar refractivity (Wildman–Crippen MR) is 60.3 cm³/mol. The van der Waals surface area contributed by atoms with Crippen LogP contribution in [0.2, 0.25) is 0 Å². The molecular weight excluding hydrogens is 186 g/mol. The molecule has 3 rings (SSSR count). The van der Waals surface area contributed by atoms with Gasteiger partial charge >= 0.3 is 0 Å². The van der Waals surface area contributed by atoms with Crippen molar-refractivity contribution in [2.24, 2.45) is 7.05 Å². The minimum atomic E-state index is 1.06. The minimum Gasteiger partial charge on any atom is -0.340 e. The Morgan fingerprint density at radius 1 is 1.20 bits per heavy atom. The first kappa shape index (κ1) is 8.53. The van der Waals surface area contributed by atoms with Crippen molar-refractivity contribution in [2.45, 2.75) is 12.8 Å². The summed E-state index contributed by atoms with van der Waals surface area (Å²) in [7, 11) is 1.97. The Bertz CT molecular complexity index is 499. The number of para-hydroxylation sites is 1. The fourth-order valence-corrected chi connectivity index (χ4v) is 2.08. The van der Waals surface area contributed by atoms with Gasteiger partial charge in [0.25, 0.3) is 0 Å². The fraction of sp³-hybridized carbons (Fsp3) is 0.250. The maximum atomic E-state index is 4.27. The van der Waals surface area contributed by atoms with Crippen molar-refractivity contribution in [3.8, 4) is 0 Å². The summed E-state index contributed by atoms with van der Waals surface area (Å²) in [6, 6.07) is 8.46. The Balaban J connectivity index is 2.12. The Kier molecular flexibility index (Phi) is 1.78. The number of anilines is 2. The van der Waals surface area contributed by atoms with Crippen LogP contribution in [0.15, 0.2) is 30.5 Å². The normalized spacial score (nSPS) is 13.7. The number of hydrogen-bond acceptors (Lipinski definition) is 2. The molecule has 2 aromatic rings. The summed E-state index contributed by atoms with van der Waals surface area (Å²) in [5, 5.41) is 7.72. The van der Waals surface area contributed by atoms with E-state index in [1.54, 1.807) is 0 Å². The highest BCUT2D eigenvalue weighted by Crippen LogP contribution is 2.28. The van der Waals surface area contributed by atoms with E-state index >= 15 is 0 Å². The number of aromatic nitrogens is 2. The zero-order chi connectivity index (χ0) is 10.3. The van der Waals surface area contributed by atoms with E-state index in [9.17, 15) is 0 Å². The summed E-state index contributed by atoms with van der Waals surface area (Å²) in [5.41, 5.74) is 3.89. The van der Waals surface area contributed by atoms with E-state index in [1.165, 1.54) is 16.8 Å². The average molecular weight is 199 g/mol. The van der Waals surface area contributed by atoms with Crippen molar-refractivity contribution in [3.05, 3.63) is 41.6 Å². The van der Waals surface area contributed by atoms with Gasteiger partial charge in [-0.25, -0.2) is 0 Å². The highest BCUT2D eigenvalue weighted by Gasteiger charge is 2.14. The molecule has 3 heteroatoms. The third-order valence-electron chi connectivity index (χ3n) is 2.95. The average Bonchev–Trinajstić information content (AvgIpc) is 2.51. The molecule has 3 nitrogen and oxygen atoms in total. The van der Waals surface area contributed by atoms with E-state index in [2.05, 4.69) is 34.7 Å². The molecule has 0 atom stereocenters. The van der Waals surface area contributed by atoms with Crippen molar-refractivity contribution in [3.63, 3.8) is 0 Å².